The molecule has 2 heteroatoms. The fraction of sp³-hybridized carbons (Fsp3) is 0.167. The Balaban J connectivity index is 2.44. The maximum absolute atomic E-state index is 6.11. The zero-order valence-electron chi connectivity index (χ0n) is 7.63. The van der Waals surface area contributed by atoms with Gasteiger partial charge in [-0.05, 0) is 42.2 Å². The number of halogens is 2. The molecule has 0 saturated heterocycles. The number of hydrogen-bond donors (Lipinski definition) is 0. The van der Waals surface area contributed by atoms with Gasteiger partial charge in [-0.3, -0.25) is 0 Å². The summed E-state index contributed by atoms with van der Waals surface area (Å²) in [5.41, 5.74) is 2.32. The van der Waals surface area contributed by atoms with Crippen LogP contribution in [0, 0.1) is 0 Å². The molecule has 0 aliphatic heterocycles. The van der Waals surface area contributed by atoms with Gasteiger partial charge in [0.05, 0.1) is 0 Å². The van der Waals surface area contributed by atoms with Crippen LogP contribution in [-0.2, 0) is 0 Å². The summed E-state index contributed by atoms with van der Waals surface area (Å²) in [6.07, 6.45) is 8.43. The number of hydrogen-bond acceptors (Lipinski definition) is 0. The second-order valence-corrected chi connectivity index (χ2v) is 4.13. The van der Waals surface area contributed by atoms with Gasteiger partial charge in [0, 0.05) is 10.0 Å². The van der Waals surface area contributed by atoms with E-state index in [4.69, 9.17) is 23.2 Å². The fourth-order valence-electron chi connectivity index (χ4n) is 1.57. The molecule has 0 nitrogen and oxygen atoms in total. The Labute approximate surface area is 93.8 Å². The zero-order valence-corrected chi connectivity index (χ0v) is 9.15. The highest BCUT2D eigenvalue weighted by Gasteiger charge is 2.07. The molecule has 0 saturated carbocycles. The van der Waals surface area contributed by atoms with Gasteiger partial charge in [0.2, 0.25) is 0 Å². The van der Waals surface area contributed by atoms with E-state index < -0.39 is 0 Å². The highest BCUT2D eigenvalue weighted by atomic mass is 35.5. The molecule has 1 aliphatic carbocycles. The second kappa shape index (κ2) is 4.20. The van der Waals surface area contributed by atoms with E-state index in [9.17, 15) is 0 Å². The molecule has 0 N–H and O–H groups in total. The maximum Gasteiger partial charge on any atom is 0.0482 e. The van der Waals surface area contributed by atoms with Crippen molar-refractivity contribution < 1.29 is 0 Å². The van der Waals surface area contributed by atoms with E-state index in [0.717, 1.165) is 28.5 Å². The Morgan fingerprint density at radius 2 is 2.00 bits per heavy atom. The van der Waals surface area contributed by atoms with E-state index in [1.54, 1.807) is 0 Å². The number of rotatable bonds is 1. The topological polar surface area (TPSA) is 0 Å². The zero-order chi connectivity index (χ0) is 9.97. The van der Waals surface area contributed by atoms with Gasteiger partial charge in [0.15, 0.2) is 0 Å². The molecule has 0 aromatic heterocycles. The minimum Gasteiger partial charge on any atom is -0.0843 e. The van der Waals surface area contributed by atoms with E-state index in [0.29, 0.717) is 0 Å². The lowest BCUT2D eigenvalue weighted by Crippen LogP contribution is -1.89. The van der Waals surface area contributed by atoms with Crippen molar-refractivity contribution in [3.63, 3.8) is 0 Å². The molecule has 0 atom stereocenters. The van der Waals surface area contributed by atoms with Crippen molar-refractivity contribution in [2.75, 3.05) is 0 Å². The molecule has 14 heavy (non-hydrogen) atoms. The minimum atomic E-state index is 0.736. The van der Waals surface area contributed by atoms with E-state index in [1.807, 2.05) is 18.2 Å². The van der Waals surface area contributed by atoms with Crippen molar-refractivity contribution >= 4 is 28.8 Å². The highest BCUT2D eigenvalue weighted by Crippen LogP contribution is 2.31. The smallest absolute Gasteiger partial charge is 0.0482 e. The average Bonchev–Trinajstić information content (AvgIpc) is 2.23. The normalized spacial score (nSPS) is 15.4. The van der Waals surface area contributed by atoms with Crippen LogP contribution in [0.15, 0.2) is 36.4 Å². The minimum absolute atomic E-state index is 0.736. The summed E-state index contributed by atoms with van der Waals surface area (Å²) in [5, 5.41) is 1.51. The average molecular weight is 225 g/mol. The van der Waals surface area contributed by atoms with Crippen LogP contribution in [-0.4, -0.2) is 0 Å². The van der Waals surface area contributed by atoms with Crippen LogP contribution >= 0.6 is 23.2 Å². The third-order valence-electron chi connectivity index (χ3n) is 2.29. The third kappa shape index (κ3) is 2.02. The van der Waals surface area contributed by atoms with Gasteiger partial charge in [0.25, 0.3) is 0 Å². The van der Waals surface area contributed by atoms with Crippen molar-refractivity contribution in [3.8, 4) is 0 Å². The van der Waals surface area contributed by atoms with Crippen LogP contribution in [0.4, 0.5) is 0 Å². The highest BCUT2D eigenvalue weighted by molar-refractivity contribution is 6.34. The molecule has 0 amide bonds. The van der Waals surface area contributed by atoms with Crippen LogP contribution in [0.5, 0.6) is 0 Å². The van der Waals surface area contributed by atoms with Gasteiger partial charge in [-0.15, -0.1) is 0 Å². The molecule has 1 aromatic carbocycles. The van der Waals surface area contributed by atoms with Crippen molar-refractivity contribution in [3.05, 3.63) is 52.0 Å². The van der Waals surface area contributed by atoms with Crippen molar-refractivity contribution in [2.24, 2.45) is 0 Å². The Kier molecular flexibility index (Phi) is 2.95. The lowest BCUT2D eigenvalue weighted by molar-refractivity contribution is 1.05. The molecule has 0 spiro atoms. The first-order valence-electron chi connectivity index (χ1n) is 4.58. The molecule has 0 heterocycles. The molecule has 0 unspecified atom stereocenters. The Hall–Kier alpha value is -0.720. The van der Waals surface area contributed by atoms with E-state index in [-0.39, 0.29) is 0 Å². The summed E-state index contributed by atoms with van der Waals surface area (Å²) < 4.78 is 0. The molecular formula is C12H10Cl2. The predicted octanol–water partition coefficient (Wildman–Crippen LogP) is 4.73. The standard InChI is InChI=1S/C12H10Cl2/c13-10-6-7-12(14)11(8-10)9-4-2-1-3-5-9/h1-2,4,6-8H,3,5H2. The summed E-state index contributed by atoms with van der Waals surface area (Å²) in [4.78, 5) is 0. The summed E-state index contributed by atoms with van der Waals surface area (Å²) in [5.74, 6) is 0. The molecule has 1 aromatic rings. The SMILES string of the molecule is Clc1ccc(Cl)c(C2=CC=CCC2)c1. The van der Waals surface area contributed by atoms with Crippen LogP contribution in [0.1, 0.15) is 18.4 Å². The van der Waals surface area contributed by atoms with E-state index >= 15 is 0 Å². The lowest BCUT2D eigenvalue weighted by Gasteiger charge is -2.11. The molecule has 72 valence electrons. The van der Waals surface area contributed by atoms with Crippen LogP contribution in [0.2, 0.25) is 10.0 Å². The van der Waals surface area contributed by atoms with Crippen molar-refractivity contribution in [2.45, 2.75) is 12.8 Å². The Bertz CT molecular complexity index is 403. The molecular weight excluding hydrogens is 215 g/mol. The van der Waals surface area contributed by atoms with Crippen LogP contribution < -0.4 is 0 Å². The molecule has 0 bridgehead atoms. The van der Waals surface area contributed by atoms with Gasteiger partial charge in [-0.25, -0.2) is 0 Å². The van der Waals surface area contributed by atoms with E-state index in [2.05, 4.69) is 18.2 Å². The quantitative estimate of drug-likeness (QED) is 0.648. The monoisotopic (exact) mass is 224 g/mol. The summed E-state index contributed by atoms with van der Waals surface area (Å²) in [6.45, 7) is 0. The molecule has 0 radical (unpaired) electrons. The summed E-state index contributed by atoms with van der Waals surface area (Å²) in [7, 11) is 0. The summed E-state index contributed by atoms with van der Waals surface area (Å²) >= 11 is 12.0. The first-order valence-corrected chi connectivity index (χ1v) is 5.34. The fourth-order valence-corrected chi connectivity index (χ4v) is 1.98. The van der Waals surface area contributed by atoms with Gasteiger partial charge in [0.1, 0.15) is 0 Å². The van der Waals surface area contributed by atoms with E-state index in [1.165, 1.54) is 5.57 Å². The first kappa shape index (κ1) is 9.82. The number of benzene rings is 1. The first-order chi connectivity index (χ1) is 6.77. The van der Waals surface area contributed by atoms with Gasteiger partial charge >= 0.3 is 0 Å². The maximum atomic E-state index is 6.11. The van der Waals surface area contributed by atoms with Gasteiger partial charge in [-0.2, -0.15) is 0 Å². The van der Waals surface area contributed by atoms with Gasteiger partial charge in [-0.1, -0.05) is 41.4 Å². The van der Waals surface area contributed by atoms with Crippen LogP contribution in [0.3, 0.4) is 0 Å². The molecule has 2 rings (SSSR count). The van der Waals surface area contributed by atoms with Crippen molar-refractivity contribution in [1.29, 1.82) is 0 Å². The molecule has 0 fully saturated rings. The van der Waals surface area contributed by atoms with Crippen molar-refractivity contribution in [1.82, 2.24) is 0 Å². The Morgan fingerprint density at radius 3 is 2.71 bits per heavy atom. The largest absolute Gasteiger partial charge is 0.0843 e. The second-order valence-electron chi connectivity index (χ2n) is 3.28. The van der Waals surface area contributed by atoms with Crippen LogP contribution in [0.25, 0.3) is 5.57 Å². The third-order valence-corrected chi connectivity index (χ3v) is 2.85. The predicted molar refractivity (Wildman–Crippen MR) is 62.8 cm³/mol. The lowest BCUT2D eigenvalue weighted by atomic mass is 9.97. The number of allylic oxidation sites excluding steroid dienone is 4. The Morgan fingerprint density at radius 1 is 1.14 bits per heavy atom. The summed E-state index contributed by atoms with van der Waals surface area (Å²) in [6, 6.07) is 5.58. The molecule has 1 aliphatic rings. The van der Waals surface area contributed by atoms with Gasteiger partial charge < -0.3 is 0 Å².